The first-order valence-electron chi connectivity index (χ1n) is 27.0. The van der Waals surface area contributed by atoms with E-state index >= 15 is 0 Å². The quantitative estimate of drug-likeness (QED) is 0.0958. The Balaban J connectivity index is 0.000000136. The summed E-state index contributed by atoms with van der Waals surface area (Å²) in [7, 11) is 1.61. The van der Waals surface area contributed by atoms with E-state index in [1.165, 1.54) is 34.9 Å². The Morgan fingerprint density at radius 2 is 0.889 bits per heavy atom. The number of benzene rings is 6. The van der Waals surface area contributed by atoms with Crippen molar-refractivity contribution < 1.29 is 42.6 Å². The molecular weight excluding hydrogens is 1230 g/mol. The van der Waals surface area contributed by atoms with E-state index in [0.717, 1.165) is 95.8 Å². The fourth-order valence-corrected chi connectivity index (χ4v) is 13.3. The highest BCUT2D eigenvalue weighted by Gasteiger charge is 2.47. The highest BCUT2D eigenvalue weighted by Crippen LogP contribution is 2.49. The highest BCUT2D eigenvalue weighted by atomic mass is 79.9. The molecule has 0 atom stereocenters. The normalized spacial score (nSPS) is 17.6. The van der Waals surface area contributed by atoms with Gasteiger partial charge in [-0.3, -0.25) is 24.5 Å². The van der Waals surface area contributed by atoms with Crippen LogP contribution < -0.4 is 36.1 Å². The first-order chi connectivity index (χ1) is 39.0. The minimum Gasteiger partial charge on any atom is -0.496 e. The number of nitrogens with zero attached hydrogens (tertiary/aromatic N) is 4. The molecule has 6 aliphatic heterocycles. The Hall–Kier alpha value is -6.42. The standard InChI is InChI=1S/C21H23BrN2O3.C20H20BrFN2O2.C20H20BrN3O4/c1-26-19-5-3-15(11-17(19)22)20(25)24-8-6-21(7-9-24)13-27-18-4-2-14(12-23)10-16(18)21;21-16-10-14(2-3-17(16)22)19(25)24-7-5-20(6-8-24)12-26-18-4-1-13(11-23)9-15(18)20;21-16-3-2-14(10-17(16)24(26)27)19(25)23-7-5-20(6-8-23)12-28-18-4-1-13(11-22)9-15(18)20/h2-5,10-11H,6-9,12-13,23H2,1H3;1-4,9-10H,5-8,11-12,23H2;1-4,9-10H,5-8,11-12,22H2. The second-order valence-electron chi connectivity index (χ2n) is 21.6. The topological polar surface area (TPSA) is 219 Å². The van der Waals surface area contributed by atoms with E-state index in [9.17, 15) is 28.9 Å². The van der Waals surface area contributed by atoms with Gasteiger partial charge in [-0.15, -0.1) is 0 Å². The third-order valence-electron chi connectivity index (χ3n) is 17.0. The van der Waals surface area contributed by atoms with Crippen LogP contribution in [-0.4, -0.2) is 104 Å². The fraction of sp³-hybridized carbons (Fsp3) is 0.361. The van der Waals surface area contributed by atoms with Crippen molar-refractivity contribution in [1.82, 2.24) is 14.7 Å². The number of carbonyl (C=O) groups is 3. The number of hydrogen-bond donors (Lipinski definition) is 3. The predicted molar refractivity (Wildman–Crippen MR) is 316 cm³/mol. The van der Waals surface area contributed by atoms with Gasteiger partial charge in [0.1, 0.15) is 28.8 Å². The van der Waals surface area contributed by atoms with E-state index in [1.54, 1.807) is 30.2 Å². The highest BCUT2D eigenvalue weighted by molar-refractivity contribution is 9.11. The van der Waals surface area contributed by atoms with Crippen molar-refractivity contribution in [3.05, 3.63) is 189 Å². The zero-order valence-electron chi connectivity index (χ0n) is 44.8. The molecule has 6 heterocycles. The Morgan fingerprint density at radius 3 is 1.23 bits per heavy atom. The van der Waals surface area contributed by atoms with E-state index < -0.39 is 4.92 Å². The summed E-state index contributed by atoms with van der Waals surface area (Å²) in [5.41, 5.74) is 25.6. The summed E-state index contributed by atoms with van der Waals surface area (Å²) >= 11 is 9.76. The predicted octanol–water partition coefficient (Wildman–Crippen LogP) is 10.5. The number of halogens is 4. The SMILES string of the molecule is COc1ccc(C(=O)N2CCC3(CC2)COc2ccc(CN)cc23)cc1Br.NCc1ccc2c(c1)C1(CCN(C(=O)c3ccc(Br)c([N+](=O)[O-])c3)CC1)CO2.NCc1ccc2c(c1)C1(CCN(C(=O)c3ccc(F)c(Br)c3)CC1)CO2. The van der Waals surface area contributed by atoms with Gasteiger partial charge < -0.3 is 50.8 Å². The number of hydrogen-bond acceptors (Lipinski definition) is 12. The molecule has 0 aliphatic carbocycles. The average molecular weight is 1300 g/mol. The molecule has 16 nitrogen and oxygen atoms in total. The fourth-order valence-electron chi connectivity index (χ4n) is 12.0. The molecule has 3 amide bonds. The Bertz CT molecular complexity index is 3400. The van der Waals surface area contributed by atoms with Crippen molar-refractivity contribution in [2.24, 2.45) is 17.2 Å². The number of nitro benzene ring substituents is 1. The number of nitro groups is 1. The van der Waals surface area contributed by atoms with E-state index in [0.29, 0.717) is 91.3 Å². The summed E-state index contributed by atoms with van der Waals surface area (Å²) in [6.45, 7) is 7.39. The molecule has 0 unspecified atom stereocenters. The van der Waals surface area contributed by atoms with E-state index in [-0.39, 0.29) is 45.5 Å². The number of likely N-dealkylation sites (tertiary alicyclic amines) is 3. The van der Waals surface area contributed by atoms with Crippen molar-refractivity contribution in [3.63, 3.8) is 0 Å². The summed E-state index contributed by atoms with van der Waals surface area (Å²) in [5, 5.41) is 11.1. The van der Waals surface area contributed by atoms with Gasteiger partial charge in [0.2, 0.25) is 0 Å². The number of amides is 3. The van der Waals surface area contributed by atoms with E-state index in [1.807, 2.05) is 64.4 Å². The van der Waals surface area contributed by atoms with E-state index in [2.05, 4.69) is 66.0 Å². The number of methoxy groups -OCH3 is 1. The van der Waals surface area contributed by atoms with Gasteiger partial charge in [-0.1, -0.05) is 36.4 Å². The zero-order chi connectivity index (χ0) is 57.2. The number of carbonyl (C=O) groups excluding carboxylic acids is 3. The van der Waals surface area contributed by atoms with Crippen LogP contribution in [-0.2, 0) is 35.9 Å². The number of rotatable bonds is 8. The van der Waals surface area contributed by atoms with Crippen molar-refractivity contribution >= 4 is 71.2 Å². The molecule has 3 fully saturated rings. The van der Waals surface area contributed by atoms with Crippen molar-refractivity contribution in [1.29, 1.82) is 0 Å². The molecule has 0 radical (unpaired) electrons. The van der Waals surface area contributed by atoms with Crippen LogP contribution in [0.2, 0.25) is 0 Å². The first-order valence-corrected chi connectivity index (χ1v) is 29.4. The Kier molecular flexibility index (Phi) is 17.3. The smallest absolute Gasteiger partial charge is 0.284 e. The number of nitrogens with two attached hydrogens (primary N) is 3. The lowest BCUT2D eigenvalue weighted by Gasteiger charge is -2.38. The van der Waals surface area contributed by atoms with Gasteiger partial charge in [-0.2, -0.15) is 0 Å². The number of fused-ring (bicyclic) bond motifs is 6. The third-order valence-corrected chi connectivity index (χ3v) is 18.9. The van der Waals surface area contributed by atoms with Crippen molar-refractivity contribution in [3.8, 4) is 23.0 Å². The Labute approximate surface area is 494 Å². The molecule has 20 heteroatoms. The lowest BCUT2D eigenvalue weighted by Crippen LogP contribution is -2.46. The monoisotopic (exact) mass is 1290 g/mol. The van der Waals surface area contributed by atoms with Crippen LogP contribution in [0.25, 0.3) is 0 Å². The maximum Gasteiger partial charge on any atom is 0.284 e. The number of ether oxygens (including phenoxy) is 4. The van der Waals surface area contributed by atoms with Crippen LogP contribution in [0.1, 0.15) is 103 Å². The van der Waals surface area contributed by atoms with Gasteiger partial charge in [0, 0.05) is 115 Å². The van der Waals surface area contributed by atoms with Gasteiger partial charge in [0.25, 0.3) is 23.4 Å². The van der Waals surface area contributed by atoms with E-state index in [4.69, 9.17) is 36.1 Å². The number of piperidine rings is 3. The minimum absolute atomic E-state index is 0.00220. The van der Waals surface area contributed by atoms with Crippen LogP contribution >= 0.6 is 47.8 Å². The molecule has 6 aromatic rings. The molecule has 6 aliphatic rings. The summed E-state index contributed by atoms with van der Waals surface area (Å²) in [4.78, 5) is 54.7. The van der Waals surface area contributed by atoms with Gasteiger partial charge >= 0.3 is 0 Å². The second-order valence-corrected chi connectivity index (χ2v) is 24.2. The van der Waals surface area contributed by atoms with Crippen LogP contribution in [0.5, 0.6) is 23.0 Å². The maximum atomic E-state index is 13.4. The molecule has 6 N–H and O–H groups in total. The minimum atomic E-state index is -0.492. The molecule has 6 aromatic carbocycles. The van der Waals surface area contributed by atoms with Gasteiger partial charge in [0.05, 0.1) is 45.3 Å². The van der Waals surface area contributed by atoms with Crippen LogP contribution in [0.15, 0.2) is 123 Å². The average Bonchev–Trinajstić information content (AvgIpc) is 4.35. The molecule has 3 saturated heterocycles. The van der Waals surface area contributed by atoms with Crippen LogP contribution in [0, 0.1) is 15.9 Å². The molecule has 424 valence electrons. The summed E-state index contributed by atoms with van der Waals surface area (Å²) in [6, 6.07) is 32.8. The second kappa shape index (κ2) is 24.2. The molecule has 0 aromatic heterocycles. The summed E-state index contributed by atoms with van der Waals surface area (Å²) < 4.78 is 37.9. The van der Waals surface area contributed by atoms with Crippen molar-refractivity contribution in [2.75, 3.05) is 66.2 Å². The van der Waals surface area contributed by atoms with Crippen LogP contribution in [0.3, 0.4) is 0 Å². The largest absolute Gasteiger partial charge is 0.496 e. The lowest BCUT2D eigenvalue weighted by molar-refractivity contribution is -0.385. The van der Waals surface area contributed by atoms with Gasteiger partial charge in [-0.25, -0.2) is 4.39 Å². The Morgan fingerprint density at radius 1 is 0.531 bits per heavy atom. The molecule has 81 heavy (non-hydrogen) atoms. The lowest BCUT2D eigenvalue weighted by atomic mass is 9.74. The third kappa shape index (κ3) is 11.7. The summed E-state index contributed by atoms with van der Waals surface area (Å²) in [5.74, 6) is 2.98. The van der Waals surface area contributed by atoms with Gasteiger partial charge in [0.15, 0.2) is 0 Å². The first kappa shape index (κ1) is 57.8. The molecule has 12 rings (SSSR count). The zero-order valence-corrected chi connectivity index (χ0v) is 49.6. The molecule has 0 saturated carbocycles. The molecular formula is C61H63Br3FN7O9. The van der Waals surface area contributed by atoms with Gasteiger partial charge in [-0.05, 0) is 170 Å². The van der Waals surface area contributed by atoms with Crippen LogP contribution in [0.4, 0.5) is 10.1 Å². The summed E-state index contributed by atoms with van der Waals surface area (Å²) in [6.07, 6.45) is 5.08. The maximum absolute atomic E-state index is 13.4. The van der Waals surface area contributed by atoms with Crippen molar-refractivity contribution in [2.45, 2.75) is 74.4 Å². The molecule has 3 spiro atoms. The molecule has 0 bridgehead atoms.